The molecule has 1 N–H and O–H groups in total. The van der Waals surface area contributed by atoms with E-state index in [0.29, 0.717) is 5.56 Å². The molecule has 4 nitrogen and oxygen atoms in total. The standard InChI is InChI=1S/C20H20FNO3/c1-12-4-6-16-15(11-25-19(16)8-12)10-20(23)22-13(2)14-5-7-18(24-3)17(21)9-14/h4-9,11,13H,10H2,1-3H3,(H,22,23). The average Bonchev–Trinajstić information content (AvgIpc) is 2.96. The van der Waals surface area contributed by atoms with Gasteiger partial charge in [-0.3, -0.25) is 4.79 Å². The fourth-order valence-corrected chi connectivity index (χ4v) is 2.83. The zero-order valence-electron chi connectivity index (χ0n) is 14.4. The van der Waals surface area contributed by atoms with Crippen LogP contribution in [-0.2, 0) is 11.2 Å². The number of ether oxygens (including phenoxy) is 1. The maximum atomic E-state index is 13.8. The number of aryl methyl sites for hydroxylation is 1. The smallest absolute Gasteiger partial charge is 0.225 e. The molecule has 130 valence electrons. The number of benzene rings is 2. The molecule has 0 aliphatic heterocycles. The van der Waals surface area contributed by atoms with Crippen LogP contribution < -0.4 is 10.1 Å². The van der Waals surface area contributed by atoms with Gasteiger partial charge in [-0.2, -0.15) is 0 Å². The summed E-state index contributed by atoms with van der Waals surface area (Å²) in [7, 11) is 1.42. The van der Waals surface area contributed by atoms with Gasteiger partial charge in [0.05, 0.1) is 25.8 Å². The van der Waals surface area contributed by atoms with Crippen molar-refractivity contribution in [3.63, 3.8) is 0 Å². The minimum Gasteiger partial charge on any atom is -0.494 e. The number of halogens is 1. The number of nitrogens with one attached hydrogen (secondary N) is 1. The fraction of sp³-hybridized carbons (Fsp3) is 0.250. The molecule has 0 aliphatic rings. The van der Waals surface area contributed by atoms with E-state index in [-0.39, 0.29) is 24.1 Å². The minimum atomic E-state index is -0.447. The molecule has 1 heterocycles. The van der Waals surface area contributed by atoms with E-state index >= 15 is 0 Å². The Labute approximate surface area is 145 Å². The van der Waals surface area contributed by atoms with Crippen molar-refractivity contribution in [2.75, 3.05) is 7.11 Å². The lowest BCUT2D eigenvalue weighted by Gasteiger charge is -2.15. The molecule has 1 aromatic heterocycles. The largest absolute Gasteiger partial charge is 0.494 e. The van der Waals surface area contributed by atoms with E-state index in [2.05, 4.69) is 5.32 Å². The van der Waals surface area contributed by atoms with Crippen molar-refractivity contribution in [1.82, 2.24) is 5.32 Å². The first-order valence-corrected chi connectivity index (χ1v) is 8.07. The molecule has 1 amide bonds. The summed E-state index contributed by atoms with van der Waals surface area (Å²) in [6.45, 7) is 3.81. The number of hydrogen-bond acceptors (Lipinski definition) is 3. The van der Waals surface area contributed by atoms with Crippen molar-refractivity contribution in [3.8, 4) is 5.75 Å². The topological polar surface area (TPSA) is 51.5 Å². The summed E-state index contributed by atoms with van der Waals surface area (Å²) in [4.78, 5) is 12.3. The summed E-state index contributed by atoms with van der Waals surface area (Å²) >= 11 is 0. The van der Waals surface area contributed by atoms with Gasteiger partial charge in [-0.15, -0.1) is 0 Å². The van der Waals surface area contributed by atoms with Crippen molar-refractivity contribution >= 4 is 16.9 Å². The van der Waals surface area contributed by atoms with Gasteiger partial charge in [0.2, 0.25) is 5.91 Å². The van der Waals surface area contributed by atoms with Crippen LogP contribution in [-0.4, -0.2) is 13.0 Å². The van der Waals surface area contributed by atoms with Gasteiger partial charge in [0.15, 0.2) is 11.6 Å². The van der Waals surface area contributed by atoms with Gasteiger partial charge in [0.1, 0.15) is 5.58 Å². The van der Waals surface area contributed by atoms with E-state index in [1.165, 1.54) is 13.2 Å². The molecule has 0 fully saturated rings. The molecule has 0 saturated carbocycles. The summed E-state index contributed by atoms with van der Waals surface area (Å²) in [6, 6.07) is 10.2. The van der Waals surface area contributed by atoms with Crippen LogP contribution in [0.5, 0.6) is 5.75 Å². The van der Waals surface area contributed by atoms with Gasteiger partial charge < -0.3 is 14.5 Å². The highest BCUT2D eigenvalue weighted by atomic mass is 19.1. The van der Waals surface area contributed by atoms with E-state index < -0.39 is 5.82 Å². The van der Waals surface area contributed by atoms with Crippen LogP contribution in [0.25, 0.3) is 11.0 Å². The lowest BCUT2D eigenvalue weighted by atomic mass is 10.1. The summed E-state index contributed by atoms with van der Waals surface area (Å²) in [5.74, 6) is -0.410. The number of amides is 1. The van der Waals surface area contributed by atoms with E-state index in [1.54, 1.807) is 18.4 Å². The van der Waals surface area contributed by atoms with Gasteiger partial charge in [-0.1, -0.05) is 18.2 Å². The Morgan fingerprint density at radius 3 is 2.80 bits per heavy atom. The molecule has 0 aliphatic carbocycles. The first kappa shape index (κ1) is 17.0. The normalized spacial score (nSPS) is 12.2. The number of carbonyl (C=O) groups is 1. The van der Waals surface area contributed by atoms with Crippen molar-refractivity contribution in [2.45, 2.75) is 26.3 Å². The Balaban J connectivity index is 1.70. The van der Waals surface area contributed by atoms with Crippen LogP contribution in [0.1, 0.15) is 29.7 Å². The Morgan fingerprint density at radius 1 is 1.28 bits per heavy atom. The maximum absolute atomic E-state index is 13.8. The maximum Gasteiger partial charge on any atom is 0.225 e. The van der Waals surface area contributed by atoms with Crippen LogP contribution >= 0.6 is 0 Å². The third kappa shape index (κ3) is 3.65. The Hall–Kier alpha value is -2.82. The third-order valence-electron chi connectivity index (χ3n) is 4.22. The number of furan rings is 1. The predicted octanol–water partition coefficient (Wildman–Crippen LogP) is 4.31. The van der Waals surface area contributed by atoms with Crippen molar-refractivity contribution in [1.29, 1.82) is 0 Å². The number of fused-ring (bicyclic) bond motifs is 1. The van der Waals surface area contributed by atoms with Gasteiger partial charge in [0.25, 0.3) is 0 Å². The Bertz CT molecular complexity index is 916. The highest BCUT2D eigenvalue weighted by molar-refractivity contribution is 5.88. The van der Waals surface area contributed by atoms with Crippen LogP contribution in [0.3, 0.4) is 0 Å². The molecule has 0 spiro atoms. The molecule has 0 radical (unpaired) electrons. The molecular weight excluding hydrogens is 321 g/mol. The van der Waals surface area contributed by atoms with Crippen molar-refractivity contribution in [2.24, 2.45) is 0 Å². The monoisotopic (exact) mass is 341 g/mol. The zero-order chi connectivity index (χ0) is 18.0. The second-order valence-electron chi connectivity index (χ2n) is 6.12. The minimum absolute atomic E-state index is 0.146. The SMILES string of the molecule is COc1ccc(C(C)NC(=O)Cc2coc3cc(C)ccc23)cc1F. The summed E-state index contributed by atoms with van der Waals surface area (Å²) in [5, 5.41) is 3.82. The van der Waals surface area contributed by atoms with E-state index in [1.807, 2.05) is 32.0 Å². The number of rotatable bonds is 5. The molecular formula is C20H20FNO3. The van der Waals surface area contributed by atoms with E-state index in [4.69, 9.17) is 9.15 Å². The molecule has 5 heteroatoms. The highest BCUT2D eigenvalue weighted by Crippen LogP contribution is 2.24. The van der Waals surface area contributed by atoms with Gasteiger partial charge in [-0.25, -0.2) is 4.39 Å². The summed E-state index contributed by atoms with van der Waals surface area (Å²) < 4.78 is 24.2. The van der Waals surface area contributed by atoms with Crippen LogP contribution in [0.4, 0.5) is 4.39 Å². The summed E-state index contributed by atoms with van der Waals surface area (Å²) in [5.41, 5.74) is 3.39. The van der Waals surface area contributed by atoms with Crippen molar-refractivity contribution < 1.29 is 18.3 Å². The molecule has 0 saturated heterocycles. The number of hydrogen-bond donors (Lipinski definition) is 1. The quantitative estimate of drug-likeness (QED) is 0.752. The van der Waals surface area contributed by atoms with E-state index in [0.717, 1.165) is 22.1 Å². The van der Waals surface area contributed by atoms with Gasteiger partial charge >= 0.3 is 0 Å². The van der Waals surface area contributed by atoms with Gasteiger partial charge in [-0.05, 0) is 43.2 Å². The predicted molar refractivity (Wildman–Crippen MR) is 94.2 cm³/mol. The molecule has 1 unspecified atom stereocenters. The van der Waals surface area contributed by atoms with Gasteiger partial charge in [0, 0.05) is 10.9 Å². The molecule has 2 aromatic carbocycles. The van der Waals surface area contributed by atoms with E-state index in [9.17, 15) is 9.18 Å². The third-order valence-corrected chi connectivity index (χ3v) is 4.22. The molecule has 0 bridgehead atoms. The van der Waals surface area contributed by atoms with Crippen LogP contribution in [0, 0.1) is 12.7 Å². The second-order valence-corrected chi connectivity index (χ2v) is 6.12. The Morgan fingerprint density at radius 2 is 2.08 bits per heavy atom. The zero-order valence-corrected chi connectivity index (χ0v) is 14.4. The number of methoxy groups -OCH3 is 1. The molecule has 1 atom stereocenters. The Kier molecular flexibility index (Phi) is 4.74. The number of carbonyl (C=O) groups excluding carboxylic acids is 1. The highest BCUT2D eigenvalue weighted by Gasteiger charge is 2.15. The lowest BCUT2D eigenvalue weighted by Crippen LogP contribution is -2.28. The summed E-state index contributed by atoms with van der Waals surface area (Å²) in [6.07, 6.45) is 1.82. The fourth-order valence-electron chi connectivity index (χ4n) is 2.83. The molecule has 3 rings (SSSR count). The van der Waals surface area contributed by atoms with Crippen LogP contribution in [0.15, 0.2) is 47.1 Å². The molecule has 25 heavy (non-hydrogen) atoms. The first-order chi connectivity index (χ1) is 12.0. The molecule has 3 aromatic rings. The lowest BCUT2D eigenvalue weighted by molar-refractivity contribution is -0.121. The van der Waals surface area contributed by atoms with Crippen molar-refractivity contribution in [3.05, 3.63) is 65.2 Å². The second kappa shape index (κ2) is 6.97. The average molecular weight is 341 g/mol. The van der Waals surface area contributed by atoms with Crippen LogP contribution in [0.2, 0.25) is 0 Å². The first-order valence-electron chi connectivity index (χ1n) is 8.07.